The van der Waals surface area contributed by atoms with Crippen molar-refractivity contribution in [2.75, 3.05) is 13.1 Å². The molecule has 1 aliphatic heterocycles. The van der Waals surface area contributed by atoms with E-state index in [9.17, 15) is 4.79 Å². The minimum atomic E-state index is -0.0415. The summed E-state index contributed by atoms with van der Waals surface area (Å²) in [6, 6.07) is 7.71. The fourth-order valence-corrected chi connectivity index (χ4v) is 3.60. The van der Waals surface area contributed by atoms with Gasteiger partial charge < -0.3 is 13.9 Å². The molecule has 1 amide bonds. The van der Waals surface area contributed by atoms with Crippen molar-refractivity contribution in [2.24, 2.45) is 7.05 Å². The number of benzene rings is 1. The molecule has 0 bridgehead atoms. The van der Waals surface area contributed by atoms with Gasteiger partial charge in [-0.2, -0.15) is 0 Å². The van der Waals surface area contributed by atoms with Crippen LogP contribution in [0.25, 0.3) is 0 Å². The van der Waals surface area contributed by atoms with Crippen LogP contribution in [0.3, 0.4) is 0 Å². The fraction of sp³-hybridized carbons (Fsp3) is 0.350. The van der Waals surface area contributed by atoms with Crippen molar-refractivity contribution in [3.63, 3.8) is 0 Å². The normalized spacial score (nSPS) is 17.3. The maximum absolute atomic E-state index is 12.7. The molecule has 1 unspecified atom stereocenters. The topological polar surface area (TPSA) is 64.2 Å². The molecule has 140 valence electrons. The van der Waals surface area contributed by atoms with E-state index in [2.05, 4.69) is 9.97 Å². The van der Waals surface area contributed by atoms with Gasteiger partial charge in [0.1, 0.15) is 5.76 Å². The molecule has 0 radical (unpaired) electrons. The molecule has 6 nitrogen and oxygen atoms in total. The van der Waals surface area contributed by atoms with Crippen molar-refractivity contribution < 1.29 is 9.21 Å². The number of likely N-dealkylation sites (tertiary alicyclic amines) is 1. The Bertz CT molecular complexity index is 932. The predicted molar refractivity (Wildman–Crippen MR) is 102 cm³/mol. The molecule has 27 heavy (non-hydrogen) atoms. The first-order chi connectivity index (χ1) is 13.1. The van der Waals surface area contributed by atoms with Gasteiger partial charge in [-0.3, -0.25) is 4.79 Å². The molecule has 0 saturated carbocycles. The number of nitrogens with zero attached hydrogens (tertiary/aromatic N) is 4. The SMILES string of the molecule is Cn1ccnc1C(=O)N1CCCC(c2ncc(Cc3ccc(Cl)cc3)o2)C1. The number of hydrogen-bond donors (Lipinski definition) is 0. The zero-order valence-electron chi connectivity index (χ0n) is 15.1. The lowest BCUT2D eigenvalue weighted by Crippen LogP contribution is -2.40. The zero-order chi connectivity index (χ0) is 18.8. The van der Waals surface area contributed by atoms with Gasteiger partial charge in [0, 0.05) is 44.0 Å². The van der Waals surface area contributed by atoms with Gasteiger partial charge in [-0.1, -0.05) is 23.7 Å². The number of carbonyl (C=O) groups excluding carboxylic acids is 1. The molecule has 3 heterocycles. The maximum Gasteiger partial charge on any atom is 0.289 e. The van der Waals surface area contributed by atoms with Gasteiger partial charge in [-0.15, -0.1) is 0 Å². The number of rotatable bonds is 4. The third-order valence-electron chi connectivity index (χ3n) is 4.93. The van der Waals surface area contributed by atoms with E-state index >= 15 is 0 Å². The van der Waals surface area contributed by atoms with Crippen LogP contribution in [0.15, 0.2) is 47.3 Å². The molecule has 4 rings (SSSR count). The minimum absolute atomic E-state index is 0.0415. The molecule has 0 N–H and O–H groups in total. The summed E-state index contributed by atoms with van der Waals surface area (Å²) in [5.74, 6) is 2.06. The van der Waals surface area contributed by atoms with Crippen LogP contribution in [0.1, 0.15) is 46.6 Å². The Morgan fingerprint density at radius 1 is 1.30 bits per heavy atom. The average Bonchev–Trinajstić information content (AvgIpc) is 3.32. The first-order valence-electron chi connectivity index (χ1n) is 9.06. The van der Waals surface area contributed by atoms with Gasteiger partial charge in [0.2, 0.25) is 0 Å². The molecule has 7 heteroatoms. The number of carbonyl (C=O) groups is 1. The summed E-state index contributed by atoms with van der Waals surface area (Å²) in [6.07, 6.45) is 7.77. The largest absolute Gasteiger partial charge is 0.445 e. The second kappa shape index (κ2) is 7.56. The van der Waals surface area contributed by atoms with Gasteiger partial charge in [-0.05, 0) is 30.5 Å². The highest BCUT2D eigenvalue weighted by atomic mass is 35.5. The van der Waals surface area contributed by atoms with Gasteiger partial charge >= 0.3 is 0 Å². The molecule has 1 aromatic carbocycles. The standard InChI is InChI=1S/C20H21ClN4O2/c1-24-10-8-22-18(24)20(26)25-9-2-3-15(13-25)19-23-12-17(27-19)11-14-4-6-16(21)7-5-14/h4-8,10,12,15H,2-3,9,11,13H2,1H3. The highest BCUT2D eigenvalue weighted by Gasteiger charge is 2.29. The number of imidazole rings is 1. The third kappa shape index (κ3) is 3.90. The Kier molecular flexibility index (Phi) is 4.99. The van der Waals surface area contributed by atoms with Crippen LogP contribution < -0.4 is 0 Å². The van der Waals surface area contributed by atoms with E-state index in [0.29, 0.717) is 24.7 Å². The van der Waals surface area contributed by atoms with E-state index in [1.54, 1.807) is 23.2 Å². The molecule has 0 aliphatic carbocycles. The summed E-state index contributed by atoms with van der Waals surface area (Å²) in [6.45, 7) is 1.34. The predicted octanol–water partition coefficient (Wildman–Crippen LogP) is 3.67. The zero-order valence-corrected chi connectivity index (χ0v) is 15.9. The highest BCUT2D eigenvalue weighted by Crippen LogP contribution is 2.28. The second-order valence-electron chi connectivity index (χ2n) is 6.92. The van der Waals surface area contributed by atoms with Crippen LogP contribution in [0.4, 0.5) is 0 Å². The number of hydrogen-bond acceptors (Lipinski definition) is 4. The monoisotopic (exact) mass is 384 g/mol. The summed E-state index contributed by atoms with van der Waals surface area (Å²) < 4.78 is 7.75. The average molecular weight is 385 g/mol. The van der Waals surface area contributed by atoms with E-state index < -0.39 is 0 Å². The van der Waals surface area contributed by atoms with Crippen LogP contribution in [0.5, 0.6) is 0 Å². The van der Waals surface area contributed by atoms with E-state index in [1.807, 2.05) is 36.2 Å². The summed E-state index contributed by atoms with van der Waals surface area (Å²) in [5.41, 5.74) is 1.12. The third-order valence-corrected chi connectivity index (χ3v) is 5.19. The second-order valence-corrected chi connectivity index (χ2v) is 7.36. The Balaban J connectivity index is 1.44. The Morgan fingerprint density at radius 2 is 2.11 bits per heavy atom. The first-order valence-corrected chi connectivity index (χ1v) is 9.43. The molecular formula is C20H21ClN4O2. The number of oxazole rings is 1. The summed E-state index contributed by atoms with van der Waals surface area (Å²) in [7, 11) is 1.83. The molecule has 3 aromatic rings. The van der Waals surface area contributed by atoms with Crippen LogP contribution >= 0.6 is 11.6 Å². The maximum atomic E-state index is 12.7. The smallest absolute Gasteiger partial charge is 0.289 e. The van der Waals surface area contributed by atoms with Crippen molar-refractivity contribution >= 4 is 17.5 Å². The number of aryl methyl sites for hydroxylation is 1. The quantitative estimate of drug-likeness (QED) is 0.688. The minimum Gasteiger partial charge on any atom is -0.445 e. The van der Waals surface area contributed by atoms with E-state index in [1.165, 1.54) is 0 Å². The van der Waals surface area contributed by atoms with Gasteiger partial charge in [0.15, 0.2) is 11.7 Å². The lowest BCUT2D eigenvalue weighted by molar-refractivity contribution is 0.0682. The van der Waals surface area contributed by atoms with Crippen LogP contribution in [-0.2, 0) is 13.5 Å². The molecule has 1 saturated heterocycles. The van der Waals surface area contributed by atoms with Gasteiger partial charge in [0.25, 0.3) is 5.91 Å². The summed E-state index contributed by atoms with van der Waals surface area (Å²) >= 11 is 5.93. The fourth-order valence-electron chi connectivity index (χ4n) is 3.47. The highest BCUT2D eigenvalue weighted by molar-refractivity contribution is 6.30. The number of amides is 1. The van der Waals surface area contributed by atoms with Crippen molar-refractivity contribution in [2.45, 2.75) is 25.2 Å². The van der Waals surface area contributed by atoms with E-state index in [-0.39, 0.29) is 11.8 Å². The van der Waals surface area contributed by atoms with Crippen molar-refractivity contribution in [1.82, 2.24) is 19.4 Å². The van der Waals surface area contributed by atoms with E-state index in [0.717, 1.165) is 35.7 Å². The lowest BCUT2D eigenvalue weighted by atomic mass is 9.98. The number of halogens is 1. The van der Waals surface area contributed by atoms with Crippen LogP contribution in [0, 0.1) is 0 Å². The van der Waals surface area contributed by atoms with Crippen molar-refractivity contribution in [1.29, 1.82) is 0 Å². The first kappa shape index (κ1) is 17.8. The van der Waals surface area contributed by atoms with Gasteiger partial charge in [-0.25, -0.2) is 9.97 Å². The molecule has 2 aromatic heterocycles. The Labute approximate surface area is 162 Å². The lowest BCUT2D eigenvalue weighted by Gasteiger charge is -2.31. The molecule has 1 aliphatic rings. The molecular weight excluding hydrogens is 364 g/mol. The molecule has 1 atom stereocenters. The van der Waals surface area contributed by atoms with Crippen LogP contribution in [-0.4, -0.2) is 38.4 Å². The summed E-state index contributed by atoms with van der Waals surface area (Å²) in [4.78, 5) is 23.2. The number of piperidine rings is 1. The van der Waals surface area contributed by atoms with Crippen LogP contribution in [0.2, 0.25) is 5.02 Å². The van der Waals surface area contributed by atoms with E-state index in [4.69, 9.17) is 16.0 Å². The van der Waals surface area contributed by atoms with Crippen molar-refractivity contribution in [3.05, 3.63) is 70.9 Å². The van der Waals surface area contributed by atoms with Gasteiger partial charge in [0.05, 0.1) is 12.1 Å². The Morgan fingerprint density at radius 3 is 2.85 bits per heavy atom. The molecule has 0 spiro atoms. The Hall–Kier alpha value is -2.60. The number of aromatic nitrogens is 3. The molecule has 1 fully saturated rings. The summed E-state index contributed by atoms with van der Waals surface area (Å²) in [5, 5.41) is 0.719. The van der Waals surface area contributed by atoms with Crippen molar-refractivity contribution in [3.8, 4) is 0 Å².